The summed E-state index contributed by atoms with van der Waals surface area (Å²) in [5.74, 6) is 0.0197. The van der Waals surface area contributed by atoms with Gasteiger partial charge in [-0.05, 0) is 49.3 Å². The maximum Gasteiger partial charge on any atom is 0.267 e. The quantitative estimate of drug-likeness (QED) is 0.658. The van der Waals surface area contributed by atoms with E-state index in [0.717, 1.165) is 36.9 Å². The van der Waals surface area contributed by atoms with Crippen molar-refractivity contribution in [3.63, 3.8) is 0 Å². The zero-order valence-corrected chi connectivity index (χ0v) is 17.3. The van der Waals surface area contributed by atoms with Gasteiger partial charge in [0.05, 0.1) is 5.69 Å². The zero-order chi connectivity index (χ0) is 20.9. The minimum Gasteiger partial charge on any atom is -0.354 e. The highest BCUT2D eigenvalue weighted by atomic mass is 16.2. The Balaban J connectivity index is 1.43. The molecule has 1 aliphatic rings. The molecular weight excluding hydrogens is 374 g/mol. The van der Waals surface area contributed by atoms with Crippen LogP contribution in [0.5, 0.6) is 0 Å². The van der Waals surface area contributed by atoms with Crippen molar-refractivity contribution in [2.24, 2.45) is 0 Å². The molecule has 0 saturated heterocycles. The number of carbonyl (C=O) groups is 1. The number of aromatic nitrogens is 2. The van der Waals surface area contributed by atoms with Crippen molar-refractivity contribution < 1.29 is 4.79 Å². The van der Waals surface area contributed by atoms with Gasteiger partial charge < -0.3 is 5.32 Å². The van der Waals surface area contributed by atoms with Gasteiger partial charge in [-0.3, -0.25) is 9.59 Å². The van der Waals surface area contributed by atoms with Gasteiger partial charge in [-0.25, -0.2) is 4.68 Å². The van der Waals surface area contributed by atoms with E-state index in [9.17, 15) is 9.59 Å². The molecule has 5 heteroatoms. The third kappa shape index (κ3) is 4.35. The van der Waals surface area contributed by atoms with E-state index in [-0.39, 0.29) is 17.4 Å². The molecule has 1 amide bonds. The number of nitrogens with zero attached hydrogens (tertiary/aromatic N) is 2. The minimum absolute atomic E-state index is 0.178. The number of carbonyl (C=O) groups excluding carboxylic acids is 1. The number of amides is 1. The summed E-state index contributed by atoms with van der Waals surface area (Å²) in [6.45, 7) is 2.26. The van der Waals surface area contributed by atoms with E-state index in [1.54, 1.807) is 13.0 Å². The summed E-state index contributed by atoms with van der Waals surface area (Å²) in [7, 11) is 0. The number of rotatable bonds is 7. The van der Waals surface area contributed by atoms with E-state index in [0.29, 0.717) is 6.54 Å². The second kappa shape index (κ2) is 9.08. The van der Waals surface area contributed by atoms with Crippen LogP contribution < -0.4 is 10.9 Å². The average molecular weight is 402 g/mol. The molecule has 0 spiro atoms. The van der Waals surface area contributed by atoms with E-state index in [1.165, 1.54) is 15.8 Å². The topological polar surface area (TPSA) is 64.0 Å². The number of hydrogen-bond acceptors (Lipinski definition) is 3. The SMILES string of the molecule is CC(C(=O)NCCC(c1ccccc1)c1ccccc1)n1nc2c(cc1=O)CCC2. The Kier molecular flexibility index (Phi) is 6.07. The molecule has 0 bridgehead atoms. The number of aryl methyl sites for hydroxylation is 2. The lowest BCUT2D eigenvalue weighted by atomic mass is 9.88. The fraction of sp³-hybridized carbons (Fsp3) is 0.320. The Hall–Kier alpha value is -3.21. The van der Waals surface area contributed by atoms with E-state index in [4.69, 9.17) is 0 Å². The molecule has 4 rings (SSSR count). The van der Waals surface area contributed by atoms with Crippen LogP contribution in [0.3, 0.4) is 0 Å². The highest BCUT2D eigenvalue weighted by molar-refractivity contribution is 5.79. The molecule has 0 aliphatic heterocycles. The molecule has 1 unspecified atom stereocenters. The Morgan fingerprint density at radius 2 is 1.67 bits per heavy atom. The third-order valence-corrected chi connectivity index (χ3v) is 5.86. The molecular formula is C25H27N3O2. The molecule has 5 nitrogen and oxygen atoms in total. The average Bonchev–Trinajstić information content (AvgIpc) is 3.24. The van der Waals surface area contributed by atoms with Crippen molar-refractivity contribution in [3.8, 4) is 0 Å². The number of benzene rings is 2. The second-order valence-corrected chi connectivity index (χ2v) is 7.88. The predicted molar refractivity (Wildman–Crippen MR) is 118 cm³/mol. The highest BCUT2D eigenvalue weighted by Gasteiger charge is 2.22. The van der Waals surface area contributed by atoms with E-state index < -0.39 is 6.04 Å². The van der Waals surface area contributed by atoms with Gasteiger partial charge in [-0.2, -0.15) is 5.10 Å². The summed E-state index contributed by atoms with van der Waals surface area (Å²) in [5.41, 5.74) is 4.22. The standard InChI is InChI=1S/C25H27N3O2/c1-18(28-24(29)17-21-13-8-14-23(21)27-28)25(30)26-16-15-22(19-9-4-2-5-10-19)20-11-6-3-7-12-20/h2-7,9-12,17-18,22H,8,13-16H2,1H3,(H,26,30). The largest absolute Gasteiger partial charge is 0.354 e. The first-order valence-electron chi connectivity index (χ1n) is 10.6. The van der Waals surface area contributed by atoms with Gasteiger partial charge in [0.2, 0.25) is 5.91 Å². The molecule has 1 heterocycles. The molecule has 0 radical (unpaired) electrons. The summed E-state index contributed by atoms with van der Waals surface area (Å²) in [4.78, 5) is 25.1. The minimum atomic E-state index is -0.629. The Bertz CT molecular complexity index is 1020. The van der Waals surface area contributed by atoms with Crippen LogP contribution in [0.4, 0.5) is 0 Å². The Labute approximate surface area is 176 Å². The van der Waals surface area contributed by atoms with Crippen LogP contribution in [0.25, 0.3) is 0 Å². The molecule has 1 N–H and O–H groups in total. The first kappa shape index (κ1) is 20.1. The summed E-state index contributed by atoms with van der Waals surface area (Å²) in [5, 5.41) is 7.46. The fourth-order valence-corrected chi connectivity index (χ4v) is 4.19. The smallest absolute Gasteiger partial charge is 0.267 e. The number of nitrogens with one attached hydrogen (secondary N) is 1. The van der Waals surface area contributed by atoms with Gasteiger partial charge in [0, 0.05) is 18.5 Å². The predicted octanol–water partition coefficient (Wildman–Crippen LogP) is 3.63. The van der Waals surface area contributed by atoms with E-state index in [2.05, 4.69) is 34.7 Å². The molecule has 1 atom stereocenters. The molecule has 2 aromatic carbocycles. The van der Waals surface area contributed by atoms with Crippen LogP contribution in [0.1, 0.15) is 54.1 Å². The van der Waals surface area contributed by atoms with Gasteiger partial charge in [0.1, 0.15) is 6.04 Å². The van der Waals surface area contributed by atoms with E-state index >= 15 is 0 Å². The molecule has 3 aromatic rings. The van der Waals surface area contributed by atoms with Crippen molar-refractivity contribution in [3.05, 3.63) is 99.5 Å². The van der Waals surface area contributed by atoms with Crippen molar-refractivity contribution >= 4 is 5.91 Å². The third-order valence-electron chi connectivity index (χ3n) is 5.86. The Morgan fingerprint density at radius 1 is 1.03 bits per heavy atom. The van der Waals surface area contributed by atoms with Crippen LogP contribution >= 0.6 is 0 Å². The van der Waals surface area contributed by atoms with Crippen LogP contribution in [-0.4, -0.2) is 22.2 Å². The monoisotopic (exact) mass is 401 g/mol. The zero-order valence-electron chi connectivity index (χ0n) is 17.3. The van der Waals surface area contributed by atoms with Crippen molar-refractivity contribution in [2.75, 3.05) is 6.54 Å². The molecule has 154 valence electrons. The van der Waals surface area contributed by atoms with Crippen molar-refractivity contribution in [2.45, 2.75) is 44.6 Å². The highest BCUT2D eigenvalue weighted by Crippen LogP contribution is 2.27. The first-order chi connectivity index (χ1) is 14.6. The van der Waals surface area contributed by atoms with Crippen LogP contribution in [0.15, 0.2) is 71.5 Å². The maximum atomic E-state index is 12.7. The van der Waals surface area contributed by atoms with Crippen molar-refractivity contribution in [1.29, 1.82) is 0 Å². The lowest BCUT2D eigenvalue weighted by molar-refractivity contribution is -0.124. The lowest BCUT2D eigenvalue weighted by Gasteiger charge is -2.20. The molecule has 0 saturated carbocycles. The second-order valence-electron chi connectivity index (χ2n) is 7.88. The van der Waals surface area contributed by atoms with Gasteiger partial charge in [-0.15, -0.1) is 0 Å². The van der Waals surface area contributed by atoms with Crippen LogP contribution in [-0.2, 0) is 17.6 Å². The molecule has 0 fully saturated rings. The lowest BCUT2D eigenvalue weighted by Crippen LogP contribution is -2.38. The Morgan fingerprint density at radius 3 is 2.30 bits per heavy atom. The van der Waals surface area contributed by atoms with E-state index in [1.807, 2.05) is 36.4 Å². The summed E-state index contributed by atoms with van der Waals surface area (Å²) in [6.07, 6.45) is 3.57. The van der Waals surface area contributed by atoms with Crippen molar-refractivity contribution in [1.82, 2.24) is 15.1 Å². The molecule has 1 aliphatic carbocycles. The van der Waals surface area contributed by atoms with Gasteiger partial charge in [0.25, 0.3) is 5.56 Å². The maximum absolute atomic E-state index is 12.7. The van der Waals surface area contributed by atoms with Crippen LogP contribution in [0.2, 0.25) is 0 Å². The summed E-state index contributed by atoms with van der Waals surface area (Å²) >= 11 is 0. The normalized spacial score (nSPS) is 13.8. The summed E-state index contributed by atoms with van der Waals surface area (Å²) in [6, 6.07) is 21.7. The summed E-state index contributed by atoms with van der Waals surface area (Å²) < 4.78 is 1.32. The van der Waals surface area contributed by atoms with Gasteiger partial charge in [0.15, 0.2) is 0 Å². The van der Waals surface area contributed by atoms with Crippen LogP contribution in [0, 0.1) is 0 Å². The number of fused-ring (bicyclic) bond motifs is 1. The van der Waals surface area contributed by atoms with Gasteiger partial charge >= 0.3 is 0 Å². The molecule has 1 aromatic heterocycles. The fourth-order valence-electron chi connectivity index (χ4n) is 4.19. The molecule has 30 heavy (non-hydrogen) atoms. The van der Waals surface area contributed by atoms with Gasteiger partial charge in [-0.1, -0.05) is 60.7 Å². The first-order valence-corrected chi connectivity index (χ1v) is 10.6. The number of hydrogen-bond donors (Lipinski definition) is 1.